The number of carbonyl (C=O) groups is 1. The van der Waals surface area contributed by atoms with E-state index in [2.05, 4.69) is 12.2 Å². The van der Waals surface area contributed by atoms with Crippen molar-refractivity contribution in [1.29, 1.82) is 0 Å². The van der Waals surface area contributed by atoms with Gasteiger partial charge in [0.1, 0.15) is 9.84 Å². The third-order valence-corrected chi connectivity index (χ3v) is 4.10. The summed E-state index contributed by atoms with van der Waals surface area (Å²) in [6.07, 6.45) is 3.22. The SMILES string of the molecule is CC1CCN(C(=O)NC(C)CS(C)(=O)=O)CC1. The molecule has 1 N–H and O–H groups in total. The van der Waals surface area contributed by atoms with Gasteiger partial charge in [-0.15, -0.1) is 0 Å². The lowest BCUT2D eigenvalue weighted by Crippen LogP contribution is -2.48. The van der Waals surface area contributed by atoms with Gasteiger partial charge in [0.25, 0.3) is 0 Å². The minimum atomic E-state index is -3.04. The molecule has 2 amide bonds. The number of sulfone groups is 1. The van der Waals surface area contributed by atoms with Crippen LogP contribution in [-0.2, 0) is 9.84 Å². The molecule has 0 aromatic heterocycles. The fourth-order valence-electron chi connectivity index (χ4n) is 2.01. The molecule has 0 radical (unpaired) electrons. The molecule has 0 saturated carbocycles. The maximum absolute atomic E-state index is 11.8. The number of hydrogen-bond acceptors (Lipinski definition) is 3. The van der Waals surface area contributed by atoms with Crippen molar-refractivity contribution in [3.8, 4) is 0 Å². The molecule has 6 heteroatoms. The van der Waals surface area contributed by atoms with E-state index < -0.39 is 9.84 Å². The van der Waals surface area contributed by atoms with E-state index in [1.807, 2.05) is 0 Å². The smallest absolute Gasteiger partial charge is 0.317 e. The standard InChI is InChI=1S/C11H22N2O3S/c1-9-4-6-13(7-5-9)11(14)12-10(2)8-17(3,15)16/h9-10H,4-8H2,1-3H3,(H,12,14). The zero-order valence-corrected chi connectivity index (χ0v) is 11.6. The number of likely N-dealkylation sites (tertiary alicyclic amines) is 1. The minimum absolute atomic E-state index is 0.0109. The second-order valence-electron chi connectivity index (χ2n) is 5.11. The summed E-state index contributed by atoms with van der Waals surface area (Å²) in [5.41, 5.74) is 0. The molecule has 17 heavy (non-hydrogen) atoms. The molecule has 1 aliphatic rings. The molecule has 0 aliphatic carbocycles. The Morgan fingerprint density at radius 1 is 1.41 bits per heavy atom. The first-order valence-electron chi connectivity index (χ1n) is 6.01. The number of rotatable bonds is 3. The molecule has 5 nitrogen and oxygen atoms in total. The summed E-state index contributed by atoms with van der Waals surface area (Å²) in [6.45, 7) is 5.42. The fourth-order valence-corrected chi connectivity index (χ4v) is 3.00. The molecule has 1 aliphatic heterocycles. The molecule has 0 spiro atoms. The van der Waals surface area contributed by atoms with Crippen LogP contribution in [0.4, 0.5) is 4.79 Å². The topological polar surface area (TPSA) is 66.5 Å². The van der Waals surface area contributed by atoms with E-state index in [-0.39, 0.29) is 17.8 Å². The highest BCUT2D eigenvalue weighted by atomic mass is 32.2. The van der Waals surface area contributed by atoms with E-state index in [1.165, 1.54) is 6.26 Å². The highest BCUT2D eigenvalue weighted by molar-refractivity contribution is 7.90. The van der Waals surface area contributed by atoms with Crippen molar-refractivity contribution in [2.24, 2.45) is 5.92 Å². The molecule has 1 heterocycles. The molecule has 1 saturated heterocycles. The average molecular weight is 262 g/mol. The Labute approximate surface area is 103 Å². The Balaban J connectivity index is 2.39. The van der Waals surface area contributed by atoms with Gasteiger partial charge in [-0.05, 0) is 25.7 Å². The van der Waals surface area contributed by atoms with E-state index >= 15 is 0 Å². The van der Waals surface area contributed by atoms with Gasteiger partial charge in [-0.25, -0.2) is 13.2 Å². The van der Waals surface area contributed by atoms with Gasteiger partial charge in [0, 0.05) is 25.4 Å². The molecule has 100 valence electrons. The normalized spacial score (nSPS) is 20.1. The third-order valence-electron chi connectivity index (χ3n) is 2.99. The zero-order valence-electron chi connectivity index (χ0n) is 10.8. The van der Waals surface area contributed by atoms with Crippen LogP contribution in [0.3, 0.4) is 0 Å². The van der Waals surface area contributed by atoms with Gasteiger partial charge in [0.15, 0.2) is 0 Å². The van der Waals surface area contributed by atoms with Crippen LogP contribution in [0.25, 0.3) is 0 Å². The monoisotopic (exact) mass is 262 g/mol. The van der Waals surface area contributed by atoms with Gasteiger partial charge >= 0.3 is 6.03 Å². The Kier molecular flexibility index (Phi) is 4.80. The van der Waals surface area contributed by atoms with Gasteiger partial charge < -0.3 is 10.2 Å². The first kappa shape index (κ1) is 14.3. The van der Waals surface area contributed by atoms with Gasteiger partial charge in [0.2, 0.25) is 0 Å². The summed E-state index contributed by atoms with van der Waals surface area (Å²) in [6, 6.07) is -0.482. The number of piperidine rings is 1. The summed E-state index contributed by atoms with van der Waals surface area (Å²) >= 11 is 0. The Bertz CT molecular complexity index is 359. The second kappa shape index (κ2) is 5.71. The largest absolute Gasteiger partial charge is 0.335 e. The minimum Gasteiger partial charge on any atom is -0.335 e. The number of carbonyl (C=O) groups excluding carboxylic acids is 1. The summed E-state index contributed by atoms with van der Waals surface area (Å²) in [4.78, 5) is 13.6. The maximum atomic E-state index is 11.8. The lowest BCUT2D eigenvalue weighted by atomic mass is 10.00. The number of hydrogen-bond donors (Lipinski definition) is 1. The predicted octanol–water partition coefficient (Wildman–Crippen LogP) is 0.861. The lowest BCUT2D eigenvalue weighted by Gasteiger charge is -2.31. The van der Waals surface area contributed by atoms with Crippen molar-refractivity contribution in [2.45, 2.75) is 32.7 Å². The summed E-state index contributed by atoms with van der Waals surface area (Å²) in [5, 5.41) is 2.73. The quantitative estimate of drug-likeness (QED) is 0.820. The molecule has 1 rings (SSSR count). The first-order valence-corrected chi connectivity index (χ1v) is 8.07. The maximum Gasteiger partial charge on any atom is 0.317 e. The van der Waals surface area contributed by atoms with Crippen LogP contribution in [0.15, 0.2) is 0 Å². The fraction of sp³-hybridized carbons (Fsp3) is 0.909. The van der Waals surface area contributed by atoms with Crippen LogP contribution in [-0.4, -0.2) is 50.5 Å². The summed E-state index contributed by atoms with van der Waals surface area (Å²) in [7, 11) is -3.04. The van der Waals surface area contributed by atoms with Gasteiger partial charge in [-0.2, -0.15) is 0 Å². The highest BCUT2D eigenvalue weighted by Crippen LogP contribution is 2.15. The van der Waals surface area contributed by atoms with Crippen LogP contribution >= 0.6 is 0 Å². The van der Waals surface area contributed by atoms with Crippen LogP contribution < -0.4 is 5.32 Å². The van der Waals surface area contributed by atoms with Crippen molar-refractivity contribution in [2.75, 3.05) is 25.1 Å². The summed E-state index contributed by atoms with van der Waals surface area (Å²) in [5.74, 6) is 0.663. The Hall–Kier alpha value is -0.780. The highest BCUT2D eigenvalue weighted by Gasteiger charge is 2.22. The van der Waals surface area contributed by atoms with Crippen molar-refractivity contribution < 1.29 is 13.2 Å². The van der Waals surface area contributed by atoms with Gasteiger partial charge in [-0.1, -0.05) is 6.92 Å². The van der Waals surface area contributed by atoms with Crippen molar-refractivity contribution in [3.63, 3.8) is 0 Å². The van der Waals surface area contributed by atoms with Crippen LogP contribution in [0, 0.1) is 5.92 Å². The number of amides is 2. The van der Waals surface area contributed by atoms with Crippen LogP contribution in [0.1, 0.15) is 26.7 Å². The molecule has 1 atom stereocenters. The molecule has 0 bridgehead atoms. The molecular weight excluding hydrogens is 240 g/mol. The van der Waals surface area contributed by atoms with Gasteiger partial charge in [0.05, 0.1) is 5.75 Å². The first-order chi connectivity index (χ1) is 7.78. The van der Waals surface area contributed by atoms with E-state index in [0.717, 1.165) is 25.9 Å². The van der Waals surface area contributed by atoms with Crippen LogP contribution in [0.5, 0.6) is 0 Å². The van der Waals surface area contributed by atoms with E-state index in [9.17, 15) is 13.2 Å². The zero-order chi connectivity index (χ0) is 13.1. The van der Waals surface area contributed by atoms with E-state index in [0.29, 0.717) is 5.92 Å². The number of urea groups is 1. The molecule has 0 aromatic rings. The lowest BCUT2D eigenvalue weighted by molar-refractivity contribution is 0.172. The van der Waals surface area contributed by atoms with E-state index in [1.54, 1.807) is 11.8 Å². The molecular formula is C11H22N2O3S. The predicted molar refractivity (Wildman–Crippen MR) is 67.7 cm³/mol. The number of nitrogens with one attached hydrogen (secondary N) is 1. The van der Waals surface area contributed by atoms with Crippen molar-refractivity contribution in [3.05, 3.63) is 0 Å². The Morgan fingerprint density at radius 3 is 2.41 bits per heavy atom. The van der Waals surface area contributed by atoms with Gasteiger partial charge in [-0.3, -0.25) is 0 Å². The third kappa shape index (κ3) is 5.39. The molecule has 1 fully saturated rings. The Morgan fingerprint density at radius 2 is 1.94 bits per heavy atom. The second-order valence-corrected chi connectivity index (χ2v) is 7.30. The molecule has 0 aromatic carbocycles. The van der Waals surface area contributed by atoms with Crippen molar-refractivity contribution in [1.82, 2.24) is 10.2 Å². The van der Waals surface area contributed by atoms with Crippen LogP contribution in [0.2, 0.25) is 0 Å². The van der Waals surface area contributed by atoms with E-state index in [4.69, 9.17) is 0 Å². The number of nitrogens with zero attached hydrogens (tertiary/aromatic N) is 1. The van der Waals surface area contributed by atoms with Crippen molar-refractivity contribution >= 4 is 15.9 Å². The summed E-state index contributed by atoms with van der Waals surface area (Å²) < 4.78 is 22.2. The average Bonchev–Trinajstić information content (AvgIpc) is 2.15. The molecule has 1 unspecified atom stereocenters.